The quantitative estimate of drug-likeness (QED) is 0.621. The highest BCUT2D eigenvalue weighted by atomic mass is 19.1. The molecule has 0 radical (unpaired) electrons. The van der Waals surface area contributed by atoms with Crippen molar-refractivity contribution in [3.63, 3.8) is 0 Å². The lowest BCUT2D eigenvalue weighted by Gasteiger charge is -2.08. The van der Waals surface area contributed by atoms with E-state index in [1.807, 2.05) is 0 Å². The Labute approximate surface area is 126 Å². The third-order valence-electron chi connectivity index (χ3n) is 3.08. The molecule has 5 heteroatoms. The van der Waals surface area contributed by atoms with Gasteiger partial charge in [0.15, 0.2) is 5.78 Å². The first-order valence-electron chi connectivity index (χ1n) is 6.45. The number of carbonyl (C=O) groups is 1. The molecule has 0 spiro atoms. The average molecular weight is 304 g/mol. The van der Waals surface area contributed by atoms with Crippen LogP contribution in [0.2, 0.25) is 0 Å². The molecule has 0 unspecified atom stereocenters. The fourth-order valence-corrected chi connectivity index (χ4v) is 1.92. The number of benzene rings is 2. The molecule has 0 aliphatic heterocycles. The molecule has 0 amide bonds. The molecule has 0 fully saturated rings. The molecule has 2 aromatic rings. The van der Waals surface area contributed by atoms with Crippen LogP contribution in [0.5, 0.6) is 11.5 Å². The van der Waals surface area contributed by atoms with E-state index >= 15 is 0 Å². The second kappa shape index (κ2) is 6.85. The minimum atomic E-state index is -0.731. The van der Waals surface area contributed by atoms with Gasteiger partial charge in [0.25, 0.3) is 0 Å². The van der Waals surface area contributed by atoms with Gasteiger partial charge < -0.3 is 9.47 Å². The number of hydrogen-bond donors (Lipinski definition) is 0. The van der Waals surface area contributed by atoms with Crippen LogP contribution >= 0.6 is 0 Å². The van der Waals surface area contributed by atoms with Crippen molar-refractivity contribution in [1.82, 2.24) is 0 Å². The number of carbonyl (C=O) groups excluding carboxylic acids is 1. The largest absolute Gasteiger partial charge is 0.497 e. The van der Waals surface area contributed by atoms with Crippen molar-refractivity contribution in [2.24, 2.45) is 0 Å². The SMILES string of the molecule is COc1ccc(C(=O)C=Cc2c(F)cccc2F)c(OC)c1. The van der Waals surface area contributed by atoms with Crippen LogP contribution in [0.25, 0.3) is 6.08 Å². The van der Waals surface area contributed by atoms with Gasteiger partial charge in [-0.05, 0) is 36.4 Å². The lowest BCUT2D eigenvalue weighted by Crippen LogP contribution is -2.00. The van der Waals surface area contributed by atoms with Crippen LogP contribution in [-0.4, -0.2) is 20.0 Å². The van der Waals surface area contributed by atoms with Gasteiger partial charge in [-0.25, -0.2) is 8.78 Å². The summed E-state index contributed by atoms with van der Waals surface area (Å²) < 4.78 is 37.2. The third-order valence-corrected chi connectivity index (χ3v) is 3.08. The Hall–Kier alpha value is -2.69. The van der Waals surface area contributed by atoms with E-state index in [1.54, 1.807) is 12.1 Å². The molecule has 0 aliphatic rings. The number of halogens is 2. The second-order valence-corrected chi connectivity index (χ2v) is 4.40. The van der Waals surface area contributed by atoms with Crippen molar-refractivity contribution in [2.75, 3.05) is 14.2 Å². The zero-order valence-corrected chi connectivity index (χ0v) is 12.1. The van der Waals surface area contributed by atoms with Crippen LogP contribution in [0.1, 0.15) is 15.9 Å². The summed E-state index contributed by atoms with van der Waals surface area (Å²) in [5.74, 6) is -1.03. The third kappa shape index (κ3) is 3.31. The number of rotatable bonds is 5. The molecule has 0 aromatic heterocycles. The Bertz CT molecular complexity index is 704. The second-order valence-electron chi connectivity index (χ2n) is 4.40. The van der Waals surface area contributed by atoms with Crippen LogP contribution in [-0.2, 0) is 0 Å². The first-order chi connectivity index (χ1) is 10.6. The summed E-state index contributed by atoms with van der Waals surface area (Å²) in [4.78, 5) is 12.2. The van der Waals surface area contributed by atoms with E-state index in [9.17, 15) is 13.6 Å². The monoisotopic (exact) mass is 304 g/mol. The first-order valence-corrected chi connectivity index (χ1v) is 6.45. The number of ketones is 1. The highest BCUT2D eigenvalue weighted by molar-refractivity contribution is 6.08. The maximum atomic E-state index is 13.5. The first kappa shape index (κ1) is 15.7. The molecule has 3 nitrogen and oxygen atoms in total. The number of ether oxygens (including phenoxy) is 2. The molecule has 0 saturated heterocycles. The maximum absolute atomic E-state index is 13.5. The van der Waals surface area contributed by atoms with E-state index < -0.39 is 17.4 Å². The predicted molar refractivity (Wildman–Crippen MR) is 79.3 cm³/mol. The Morgan fingerprint density at radius 1 is 1.05 bits per heavy atom. The summed E-state index contributed by atoms with van der Waals surface area (Å²) in [6, 6.07) is 8.21. The van der Waals surface area contributed by atoms with Crippen LogP contribution in [0.15, 0.2) is 42.5 Å². The van der Waals surface area contributed by atoms with Crippen molar-refractivity contribution >= 4 is 11.9 Å². The van der Waals surface area contributed by atoms with E-state index in [0.717, 1.165) is 24.3 Å². The summed E-state index contributed by atoms with van der Waals surface area (Å²) in [6.07, 6.45) is 2.21. The van der Waals surface area contributed by atoms with E-state index in [4.69, 9.17) is 9.47 Å². The molecule has 22 heavy (non-hydrogen) atoms. The number of allylic oxidation sites excluding steroid dienone is 1. The Balaban J connectivity index is 2.31. The van der Waals surface area contributed by atoms with Gasteiger partial charge in [0.1, 0.15) is 23.1 Å². The zero-order valence-electron chi connectivity index (χ0n) is 12.1. The zero-order chi connectivity index (χ0) is 16.1. The highest BCUT2D eigenvalue weighted by Gasteiger charge is 2.12. The fraction of sp³-hybridized carbons (Fsp3) is 0.118. The number of methoxy groups -OCH3 is 2. The minimum absolute atomic E-state index is 0.261. The lowest BCUT2D eigenvalue weighted by molar-refractivity contribution is 0.104. The predicted octanol–water partition coefficient (Wildman–Crippen LogP) is 3.88. The molecule has 2 rings (SSSR count). The summed E-state index contributed by atoms with van der Waals surface area (Å²) in [5, 5.41) is 0. The molecule has 0 N–H and O–H groups in total. The number of hydrogen-bond acceptors (Lipinski definition) is 3. The Kier molecular flexibility index (Phi) is 4.88. The van der Waals surface area contributed by atoms with Crippen LogP contribution < -0.4 is 9.47 Å². The van der Waals surface area contributed by atoms with Crippen LogP contribution in [0.3, 0.4) is 0 Å². The molecule has 2 aromatic carbocycles. The molecule has 0 aliphatic carbocycles. The van der Waals surface area contributed by atoms with Gasteiger partial charge in [-0.2, -0.15) is 0 Å². The molecular formula is C17H14F2O3. The van der Waals surface area contributed by atoms with E-state index in [2.05, 4.69) is 0 Å². The van der Waals surface area contributed by atoms with Gasteiger partial charge in [-0.1, -0.05) is 6.07 Å². The van der Waals surface area contributed by atoms with Gasteiger partial charge in [0.05, 0.1) is 19.8 Å². The van der Waals surface area contributed by atoms with Gasteiger partial charge in [0, 0.05) is 11.6 Å². The van der Waals surface area contributed by atoms with Crippen molar-refractivity contribution < 1.29 is 23.0 Å². The lowest BCUT2D eigenvalue weighted by atomic mass is 10.1. The standard InChI is InChI=1S/C17H14F2O3/c1-21-11-6-7-13(17(10-11)22-2)16(20)9-8-12-14(18)4-3-5-15(12)19/h3-10H,1-2H3. The van der Waals surface area contributed by atoms with Crippen molar-refractivity contribution in [3.8, 4) is 11.5 Å². The van der Waals surface area contributed by atoms with Crippen molar-refractivity contribution in [1.29, 1.82) is 0 Å². The molecule has 0 bridgehead atoms. The minimum Gasteiger partial charge on any atom is -0.497 e. The van der Waals surface area contributed by atoms with Crippen molar-refractivity contribution in [3.05, 3.63) is 65.2 Å². The summed E-state index contributed by atoms with van der Waals surface area (Å²) in [7, 11) is 2.92. The maximum Gasteiger partial charge on any atom is 0.189 e. The van der Waals surface area contributed by atoms with E-state index in [1.165, 1.54) is 26.4 Å². The molecule has 0 atom stereocenters. The smallest absolute Gasteiger partial charge is 0.189 e. The average Bonchev–Trinajstić information content (AvgIpc) is 2.53. The van der Waals surface area contributed by atoms with Crippen molar-refractivity contribution in [2.45, 2.75) is 0 Å². The van der Waals surface area contributed by atoms with Gasteiger partial charge >= 0.3 is 0 Å². The normalized spacial score (nSPS) is 10.7. The molecule has 0 saturated carbocycles. The highest BCUT2D eigenvalue weighted by Crippen LogP contribution is 2.25. The van der Waals surface area contributed by atoms with Gasteiger partial charge in [-0.15, -0.1) is 0 Å². The molecule has 114 valence electrons. The van der Waals surface area contributed by atoms with Crippen LogP contribution in [0.4, 0.5) is 8.78 Å². The fourth-order valence-electron chi connectivity index (χ4n) is 1.92. The summed E-state index contributed by atoms with van der Waals surface area (Å²) in [6.45, 7) is 0. The summed E-state index contributed by atoms with van der Waals surface area (Å²) >= 11 is 0. The molecule has 0 heterocycles. The summed E-state index contributed by atoms with van der Waals surface area (Å²) in [5.41, 5.74) is 0.0135. The Morgan fingerprint density at radius 3 is 2.32 bits per heavy atom. The van der Waals surface area contributed by atoms with Crippen LogP contribution in [0, 0.1) is 11.6 Å². The van der Waals surface area contributed by atoms with E-state index in [-0.39, 0.29) is 11.1 Å². The topological polar surface area (TPSA) is 35.5 Å². The van der Waals surface area contributed by atoms with E-state index in [0.29, 0.717) is 11.5 Å². The molecular weight excluding hydrogens is 290 g/mol. The van der Waals surface area contributed by atoms with Gasteiger partial charge in [-0.3, -0.25) is 4.79 Å². The van der Waals surface area contributed by atoms with Gasteiger partial charge in [0.2, 0.25) is 0 Å². The Morgan fingerprint density at radius 2 is 1.73 bits per heavy atom.